The van der Waals surface area contributed by atoms with Crippen LogP contribution in [-0.2, 0) is 18.7 Å². The molecule has 2 aliphatic rings. The SMILES string of the molecule is CC1(C)COC(=S)N1C(=O)C[C@@H]1CC[C@@H](CO[Si](c2ccccc2)(c2ccccc2)C(C)(C)C)O1. The first-order valence-electron chi connectivity index (χ1n) is 12.4. The lowest BCUT2D eigenvalue weighted by molar-refractivity contribution is -0.133. The number of ether oxygens (including phenoxy) is 2. The molecular weight excluding hydrogens is 474 g/mol. The Bertz CT molecular complexity index is 998. The topological polar surface area (TPSA) is 48.0 Å². The van der Waals surface area contributed by atoms with Gasteiger partial charge in [-0.2, -0.15) is 0 Å². The molecule has 0 aliphatic carbocycles. The number of carbonyl (C=O) groups is 1. The van der Waals surface area contributed by atoms with E-state index < -0.39 is 13.9 Å². The van der Waals surface area contributed by atoms with Crippen LogP contribution in [0.5, 0.6) is 0 Å². The first-order chi connectivity index (χ1) is 16.5. The van der Waals surface area contributed by atoms with Crippen LogP contribution in [0.2, 0.25) is 5.04 Å². The van der Waals surface area contributed by atoms with E-state index in [4.69, 9.17) is 26.1 Å². The van der Waals surface area contributed by atoms with Gasteiger partial charge in [0.25, 0.3) is 13.5 Å². The number of hydrogen-bond donors (Lipinski definition) is 0. The monoisotopic (exact) mass is 511 g/mol. The normalized spacial score (nSPS) is 22.3. The van der Waals surface area contributed by atoms with E-state index >= 15 is 0 Å². The first-order valence-corrected chi connectivity index (χ1v) is 14.8. The van der Waals surface area contributed by atoms with Crippen LogP contribution in [0.4, 0.5) is 0 Å². The van der Waals surface area contributed by atoms with Crippen LogP contribution in [0.15, 0.2) is 60.7 Å². The smallest absolute Gasteiger partial charge is 0.266 e. The van der Waals surface area contributed by atoms with Gasteiger partial charge in [-0.3, -0.25) is 9.69 Å². The summed E-state index contributed by atoms with van der Waals surface area (Å²) in [6, 6.07) is 21.3. The van der Waals surface area contributed by atoms with Crippen molar-refractivity contribution in [3.05, 3.63) is 60.7 Å². The van der Waals surface area contributed by atoms with E-state index in [0.717, 1.165) is 12.8 Å². The van der Waals surface area contributed by atoms with Gasteiger partial charge in [-0.15, -0.1) is 0 Å². The highest BCUT2D eigenvalue weighted by molar-refractivity contribution is 7.80. The van der Waals surface area contributed by atoms with Crippen LogP contribution >= 0.6 is 12.2 Å². The molecule has 0 unspecified atom stereocenters. The molecule has 7 heteroatoms. The molecule has 0 spiro atoms. The lowest BCUT2D eigenvalue weighted by atomic mass is 10.0. The third-order valence-electron chi connectivity index (χ3n) is 7.09. The van der Waals surface area contributed by atoms with Crippen molar-refractivity contribution >= 4 is 42.0 Å². The number of nitrogens with zero attached hydrogens (tertiary/aromatic N) is 1. The van der Waals surface area contributed by atoms with E-state index in [1.165, 1.54) is 10.4 Å². The average Bonchev–Trinajstić information content (AvgIpc) is 3.37. The number of rotatable bonds is 7. The molecule has 2 heterocycles. The molecular formula is C28H37NO4SSi. The third-order valence-corrected chi connectivity index (χ3v) is 12.4. The van der Waals surface area contributed by atoms with E-state index in [1.807, 2.05) is 13.8 Å². The van der Waals surface area contributed by atoms with Crippen molar-refractivity contribution in [1.29, 1.82) is 0 Å². The molecule has 2 aromatic rings. The lowest BCUT2D eigenvalue weighted by Crippen LogP contribution is -2.67. The summed E-state index contributed by atoms with van der Waals surface area (Å²) in [6.07, 6.45) is 1.85. The van der Waals surface area contributed by atoms with Gasteiger partial charge in [0.1, 0.15) is 6.61 Å². The van der Waals surface area contributed by atoms with Crippen LogP contribution in [0, 0.1) is 0 Å². The summed E-state index contributed by atoms with van der Waals surface area (Å²) in [5, 5.41) is 2.70. The highest BCUT2D eigenvalue weighted by Crippen LogP contribution is 2.37. The maximum Gasteiger partial charge on any atom is 0.266 e. The Hall–Kier alpha value is -2.06. The minimum absolute atomic E-state index is 0.0314. The zero-order chi connectivity index (χ0) is 25.3. The van der Waals surface area contributed by atoms with Crippen molar-refractivity contribution in [3.8, 4) is 0 Å². The van der Waals surface area contributed by atoms with Crippen molar-refractivity contribution < 1.29 is 18.7 Å². The summed E-state index contributed by atoms with van der Waals surface area (Å²) in [6.45, 7) is 11.7. The summed E-state index contributed by atoms with van der Waals surface area (Å²) in [5.41, 5.74) is -0.418. The minimum Gasteiger partial charge on any atom is -0.468 e. The van der Waals surface area contributed by atoms with Gasteiger partial charge in [0, 0.05) is 0 Å². The Morgan fingerprint density at radius 2 is 1.57 bits per heavy atom. The Balaban J connectivity index is 1.49. The number of amides is 1. The summed E-state index contributed by atoms with van der Waals surface area (Å²) in [5.74, 6) is -0.0314. The van der Waals surface area contributed by atoms with E-state index in [9.17, 15) is 4.79 Å². The van der Waals surface area contributed by atoms with Crippen LogP contribution in [-0.4, -0.2) is 55.3 Å². The molecule has 0 radical (unpaired) electrons. The van der Waals surface area contributed by atoms with Gasteiger partial charge in [0.05, 0.1) is 30.8 Å². The summed E-state index contributed by atoms with van der Waals surface area (Å²) >= 11 is 5.27. The van der Waals surface area contributed by atoms with Crippen molar-refractivity contribution in [2.24, 2.45) is 0 Å². The number of hydrogen-bond acceptors (Lipinski definition) is 5. The average molecular weight is 512 g/mol. The second-order valence-electron chi connectivity index (χ2n) is 11.2. The van der Waals surface area contributed by atoms with Gasteiger partial charge < -0.3 is 13.9 Å². The Morgan fingerprint density at radius 1 is 1.03 bits per heavy atom. The zero-order valence-electron chi connectivity index (χ0n) is 21.5. The van der Waals surface area contributed by atoms with Crippen molar-refractivity contribution in [2.45, 2.75) is 76.7 Å². The fraction of sp³-hybridized carbons (Fsp3) is 0.500. The van der Waals surface area contributed by atoms with Crippen LogP contribution in [0.25, 0.3) is 0 Å². The molecule has 0 aromatic heterocycles. The van der Waals surface area contributed by atoms with Gasteiger partial charge >= 0.3 is 0 Å². The fourth-order valence-electron chi connectivity index (χ4n) is 5.37. The number of thiocarbonyl (C=S) groups is 1. The van der Waals surface area contributed by atoms with E-state index in [0.29, 0.717) is 19.6 Å². The molecule has 2 fully saturated rings. The van der Waals surface area contributed by atoms with Gasteiger partial charge in [-0.25, -0.2) is 0 Å². The quantitative estimate of drug-likeness (QED) is 0.407. The molecule has 0 bridgehead atoms. The van der Waals surface area contributed by atoms with Gasteiger partial charge in [0.2, 0.25) is 5.91 Å². The Kier molecular flexibility index (Phi) is 7.53. The fourth-order valence-corrected chi connectivity index (χ4v) is 10.4. The number of carbonyl (C=O) groups excluding carboxylic acids is 1. The van der Waals surface area contributed by atoms with Crippen molar-refractivity contribution in [3.63, 3.8) is 0 Å². The lowest BCUT2D eigenvalue weighted by Gasteiger charge is -2.43. The third kappa shape index (κ3) is 5.24. The maximum atomic E-state index is 13.0. The van der Waals surface area contributed by atoms with Crippen LogP contribution in [0.3, 0.4) is 0 Å². The Morgan fingerprint density at radius 3 is 2.06 bits per heavy atom. The van der Waals surface area contributed by atoms with E-state index in [1.54, 1.807) is 4.90 Å². The number of benzene rings is 2. The molecule has 2 saturated heterocycles. The highest BCUT2D eigenvalue weighted by atomic mass is 32.1. The highest BCUT2D eigenvalue weighted by Gasteiger charge is 2.51. The molecule has 0 N–H and O–H groups in total. The molecule has 188 valence electrons. The molecule has 0 saturated carbocycles. The summed E-state index contributed by atoms with van der Waals surface area (Å²) < 4.78 is 18.8. The van der Waals surface area contributed by atoms with Crippen molar-refractivity contribution in [1.82, 2.24) is 4.90 Å². The molecule has 5 nitrogen and oxygen atoms in total. The van der Waals surface area contributed by atoms with Crippen LogP contribution in [0.1, 0.15) is 53.9 Å². The summed E-state index contributed by atoms with van der Waals surface area (Å²) in [7, 11) is -2.61. The van der Waals surface area contributed by atoms with Gasteiger partial charge in [-0.05, 0) is 54.3 Å². The van der Waals surface area contributed by atoms with E-state index in [-0.39, 0.29) is 28.3 Å². The van der Waals surface area contributed by atoms with Crippen LogP contribution < -0.4 is 10.4 Å². The van der Waals surface area contributed by atoms with E-state index in [2.05, 4.69) is 81.4 Å². The van der Waals surface area contributed by atoms with Gasteiger partial charge in [0.15, 0.2) is 0 Å². The predicted octanol–water partition coefficient (Wildman–Crippen LogP) is 4.42. The summed E-state index contributed by atoms with van der Waals surface area (Å²) in [4.78, 5) is 14.6. The standard InChI is InChI=1S/C28H37NO4SSi/c1-27(2,3)35(23-12-8-6-9-13-23,24-14-10-7-11-15-24)32-19-22-17-16-21(33-22)18-25(30)29-26(34)31-20-28(29,4)5/h6-15,21-22H,16-20H2,1-5H3/t21-,22-/m0/s1. The maximum absolute atomic E-state index is 13.0. The molecule has 2 atom stereocenters. The second-order valence-corrected chi connectivity index (χ2v) is 15.9. The second kappa shape index (κ2) is 10.1. The molecule has 1 amide bonds. The molecule has 2 aromatic carbocycles. The molecule has 4 rings (SSSR count). The molecule has 2 aliphatic heterocycles. The predicted molar refractivity (Wildman–Crippen MR) is 146 cm³/mol. The van der Waals surface area contributed by atoms with Gasteiger partial charge in [-0.1, -0.05) is 81.4 Å². The Labute approximate surface area is 215 Å². The zero-order valence-corrected chi connectivity index (χ0v) is 23.3. The minimum atomic E-state index is -2.61. The largest absolute Gasteiger partial charge is 0.468 e. The first kappa shape index (κ1) is 26.0. The molecule has 35 heavy (non-hydrogen) atoms. The van der Waals surface area contributed by atoms with Crippen molar-refractivity contribution in [2.75, 3.05) is 13.2 Å².